The summed E-state index contributed by atoms with van der Waals surface area (Å²) in [6, 6.07) is 7.16. The predicted octanol–water partition coefficient (Wildman–Crippen LogP) is 2.22. The number of aliphatic hydroxyl groups is 1. The molecule has 0 bridgehead atoms. The second-order valence-corrected chi connectivity index (χ2v) is 7.70. The van der Waals surface area contributed by atoms with Crippen molar-refractivity contribution >= 4 is 11.9 Å². The maximum atomic E-state index is 12.1. The fraction of sp³-hybridized carbons (Fsp3) is 0.600. The number of benzene rings is 1. The van der Waals surface area contributed by atoms with Crippen molar-refractivity contribution in [2.75, 3.05) is 19.7 Å². The average Bonchev–Trinajstić information content (AvgIpc) is 2.61. The van der Waals surface area contributed by atoms with E-state index in [1.165, 1.54) is 0 Å². The van der Waals surface area contributed by atoms with Gasteiger partial charge in [-0.05, 0) is 31.2 Å². The number of para-hydroxylation sites is 1. The number of nitrogens with zero attached hydrogens (tertiary/aromatic N) is 1. The van der Waals surface area contributed by atoms with Gasteiger partial charge in [-0.2, -0.15) is 0 Å². The molecule has 150 valence electrons. The highest BCUT2D eigenvalue weighted by Crippen LogP contribution is 2.37. The third kappa shape index (κ3) is 5.43. The maximum Gasteiger partial charge on any atom is 0.341 e. The molecule has 2 atom stereocenters. The van der Waals surface area contributed by atoms with Gasteiger partial charge in [0.05, 0.1) is 6.10 Å². The molecule has 27 heavy (non-hydrogen) atoms. The van der Waals surface area contributed by atoms with Gasteiger partial charge in [0.1, 0.15) is 11.2 Å². The zero-order valence-electron chi connectivity index (χ0n) is 15.9. The monoisotopic (exact) mass is 379 g/mol. The molecule has 0 saturated carbocycles. The smallest absolute Gasteiger partial charge is 0.341 e. The number of carbonyl (C=O) groups is 2. The minimum atomic E-state index is -1.18. The number of rotatable bonds is 9. The summed E-state index contributed by atoms with van der Waals surface area (Å²) in [6.07, 6.45) is 0.677. The van der Waals surface area contributed by atoms with Crippen LogP contribution in [0.1, 0.15) is 38.7 Å². The first-order valence-corrected chi connectivity index (χ1v) is 9.31. The van der Waals surface area contributed by atoms with Crippen molar-refractivity contribution in [2.45, 2.75) is 45.8 Å². The van der Waals surface area contributed by atoms with E-state index < -0.39 is 30.1 Å². The Morgan fingerprint density at radius 2 is 2.00 bits per heavy atom. The fourth-order valence-electron chi connectivity index (χ4n) is 3.56. The summed E-state index contributed by atoms with van der Waals surface area (Å²) < 4.78 is 5.35. The first-order valence-electron chi connectivity index (χ1n) is 9.31. The number of aliphatic carboxylic acids is 2. The van der Waals surface area contributed by atoms with Crippen LogP contribution in [0, 0.1) is 11.3 Å². The molecule has 0 unspecified atom stereocenters. The van der Waals surface area contributed by atoms with Crippen molar-refractivity contribution < 1.29 is 29.6 Å². The second kappa shape index (κ2) is 9.19. The Bertz CT molecular complexity index is 662. The zero-order chi connectivity index (χ0) is 20.0. The lowest BCUT2D eigenvalue weighted by molar-refractivity contribution is -0.165. The number of carboxylic acid groups (broad SMARTS) is 2. The van der Waals surface area contributed by atoms with Crippen molar-refractivity contribution in [3.05, 3.63) is 29.8 Å². The Morgan fingerprint density at radius 3 is 2.63 bits per heavy atom. The molecular formula is C20H29NO6. The van der Waals surface area contributed by atoms with E-state index in [-0.39, 0.29) is 6.54 Å². The quantitative estimate of drug-likeness (QED) is 0.604. The largest absolute Gasteiger partial charge is 0.482 e. The molecule has 0 aliphatic carbocycles. The van der Waals surface area contributed by atoms with Crippen molar-refractivity contribution in [3.8, 4) is 5.75 Å². The van der Waals surface area contributed by atoms with Gasteiger partial charge in [-0.3, -0.25) is 9.69 Å². The molecular weight excluding hydrogens is 350 g/mol. The molecule has 1 aliphatic rings. The summed E-state index contributed by atoms with van der Waals surface area (Å²) in [5.74, 6) is -1.18. The van der Waals surface area contributed by atoms with E-state index >= 15 is 0 Å². The van der Waals surface area contributed by atoms with Crippen LogP contribution < -0.4 is 4.74 Å². The summed E-state index contributed by atoms with van der Waals surface area (Å²) in [6.45, 7) is 4.92. The van der Waals surface area contributed by atoms with Gasteiger partial charge in [-0.15, -0.1) is 0 Å². The summed E-state index contributed by atoms with van der Waals surface area (Å²) in [7, 11) is 0. The van der Waals surface area contributed by atoms with Crippen LogP contribution in [-0.2, 0) is 16.1 Å². The Kier molecular flexibility index (Phi) is 7.21. The predicted molar refractivity (Wildman–Crippen MR) is 99.6 cm³/mol. The van der Waals surface area contributed by atoms with Gasteiger partial charge in [0.2, 0.25) is 0 Å². The molecule has 0 radical (unpaired) electrons. The number of likely N-dealkylation sites (tertiary alicyclic amines) is 1. The van der Waals surface area contributed by atoms with Crippen molar-refractivity contribution in [1.82, 2.24) is 4.90 Å². The highest BCUT2D eigenvalue weighted by atomic mass is 16.5. The molecule has 1 heterocycles. The lowest BCUT2D eigenvalue weighted by Gasteiger charge is -2.44. The van der Waals surface area contributed by atoms with Crippen LogP contribution in [0.4, 0.5) is 0 Å². The number of ether oxygens (including phenoxy) is 1. The number of carboxylic acids is 2. The molecule has 1 aliphatic heterocycles. The molecule has 1 fully saturated rings. The van der Waals surface area contributed by atoms with E-state index in [9.17, 15) is 19.8 Å². The number of hydrogen-bond donors (Lipinski definition) is 3. The van der Waals surface area contributed by atoms with Crippen LogP contribution in [0.5, 0.6) is 5.75 Å². The van der Waals surface area contributed by atoms with Gasteiger partial charge in [0.15, 0.2) is 6.61 Å². The van der Waals surface area contributed by atoms with E-state index in [0.29, 0.717) is 37.6 Å². The van der Waals surface area contributed by atoms with Crippen molar-refractivity contribution in [1.29, 1.82) is 0 Å². The van der Waals surface area contributed by atoms with E-state index in [1.807, 2.05) is 30.9 Å². The Labute approximate surface area is 159 Å². The van der Waals surface area contributed by atoms with Gasteiger partial charge in [0.25, 0.3) is 0 Å². The minimum absolute atomic E-state index is 0.253. The summed E-state index contributed by atoms with van der Waals surface area (Å²) in [4.78, 5) is 24.8. The maximum absolute atomic E-state index is 12.1. The third-order valence-corrected chi connectivity index (χ3v) is 5.17. The topological polar surface area (TPSA) is 107 Å². The lowest BCUT2D eigenvalue weighted by Crippen LogP contribution is -2.55. The SMILES string of the molecule is CC(C)CC[C@@]1(C(=O)O)CN(Cc2ccccc2OCC(=O)O)CC[C@@H]1O. The van der Waals surface area contributed by atoms with Crippen LogP contribution in [0.3, 0.4) is 0 Å². The number of hydrogen-bond acceptors (Lipinski definition) is 5. The Morgan fingerprint density at radius 1 is 1.30 bits per heavy atom. The molecule has 2 rings (SSSR count). The lowest BCUT2D eigenvalue weighted by atomic mass is 9.72. The molecule has 1 aromatic rings. The zero-order valence-corrected chi connectivity index (χ0v) is 15.9. The summed E-state index contributed by atoms with van der Waals surface area (Å²) in [5.41, 5.74) is -0.377. The van der Waals surface area contributed by atoms with E-state index in [4.69, 9.17) is 9.84 Å². The molecule has 0 spiro atoms. The molecule has 7 nitrogen and oxygen atoms in total. The fourth-order valence-corrected chi connectivity index (χ4v) is 3.56. The second-order valence-electron chi connectivity index (χ2n) is 7.70. The summed E-state index contributed by atoms with van der Waals surface area (Å²) >= 11 is 0. The first-order chi connectivity index (χ1) is 12.7. The van der Waals surface area contributed by atoms with Gasteiger partial charge >= 0.3 is 11.9 Å². The van der Waals surface area contributed by atoms with Gasteiger partial charge in [0, 0.05) is 25.2 Å². The van der Waals surface area contributed by atoms with Crippen molar-refractivity contribution in [2.24, 2.45) is 11.3 Å². The highest BCUT2D eigenvalue weighted by molar-refractivity contribution is 5.76. The molecule has 3 N–H and O–H groups in total. The normalized spacial score (nSPS) is 23.3. The summed E-state index contributed by atoms with van der Waals surface area (Å²) in [5, 5.41) is 29.2. The van der Waals surface area contributed by atoms with Gasteiger partial charge < -0.3 is 20.1 Å². The van der Waals surface area contributed by atoms with Crippen LogP contribution in [-0.4, -0.2) is 58.0 Å². The standard InChI is InChI=1S/C20H29NO6/c1-14(2)7-9-20(19(25)26)13-21(10-8-17(20)22)11-15-5-3-4-6-16(15)27-12-18(23)24/h3-6,14,17,22H,7-13H2,1-2H3,(H,23,24)(H,25,26)/t17-,20+/m0/s1. The van der Waals surface area contributed by atoms with Gasteiger partial charge in [-0.25, -0.2) is 4.79 Å². The molecule has 0 aromatic heterocycles. The van der Waals surface area contributed by atoms with Crippen LogP contribution in [0.15, 0.2) is 24.3 Å². The molecule has 0 amide bonds. The number of piperidine rings is 1. The highest BCUT2D eigenvalue weighted by Gasteiger charge is 2.48. The van der Waals surface area contributed by atoms with Crippen LogP contribution >= 0.6 is 0 Å². The minimum Gasteiger partial charge on any atom is -0.482 e. The van der Waals surface area contributed by atoms with E-state index in [2.05, 4.69) is 0 Å². The van der Waals surface area contributed by atoms with Crippen molar-refractivity contribution in [3.63, 3.8) is 0 Å². The average molecular weight is 379 g/mol. The van der Waals surface area contributed by atoms with E-state index in [1.54, 1.807) is 12.1 Å². The molecule has 1 saturated heterocycles. The first kappa shape index (κ1) is 21.2. The third-order valence-electron chi connectivity index (χ3n) is 5.17. The van der Waals surface area contributed by atoms with Gasteiger partial charge in [-0.1, -0.05) is 32.0 Å². The van der Waals surface area contributed by atoms with E-state index in [0.717, 1.165) is 12.0 Å². The Hall–Kier alpha value is -2.12. The number of aliphatic hydroxyl groups excluding tert-OH is 1. The van der Waals surface area contributed by atoms with Crippen LogP contribution in [0.2, 0.25) is 0 Å². The Balaban J connectivity index is 2.15. The van der Waals surface area contributed by atoms with Crippen LogP contribution in [0.25, 0.3) is 0 Å². The molecule has 7 heteroatoms. The molecule has 1 aromatic carbocycles.